The van der Waals surface area contributed by atoms with Gasteiger partial charge in [-0.05, 0) is 53.3 Å². The van der Waals surface area contributed by atoms with Crippen LogP contribution in [-0.2, 0) is 6.42 Å². The van der Waals surface area contributed by atoms with Crippen LogP contribution in [0.25, 0.3) is 18.7 Å². The van der Waals surface area contributed by atoms with Gasteiger partial charge in [0.2, 0.25) is 0 Å². The van der Waals surface area contributed by atoms with Crippen molar-refractivity contribution in [1.29, 1.82) is 0 Å². The minimum atomic E-state index is 0.464. The molecule has 2 rings (SSSR count). The van der Waals surface area contributed by atoms with E-state index in [0.29, 0.717) is 5.92 Å². The van der Waals surface area contributed by atoms with Crippen molar-refractivity contribution in [3.05, 3.63) is 51.9 Å². The monoisotopic (exact) mass is 224 g/mol. The fourth-order valence-corrected chi connectivity index (χ4v) is 2.35. The van der Waals surface area contributed by atoms with E-state index in [4.69, 9.17) is 0 Å². The summed E-state index contributed by atoms with van der Waals surface area (Å²) in [4.78, 5) is 0. The lowest BCUT2D eigenvalue weighted by molar-refractivity contribution is 0.974. The zero-order chi connectivity index (χ0) is 12.3. The highest BCUT2D eigenvalue weighted by molar-refractivity contribution is 5.57. The van der Waals surface area contributed by atoms with E-state index in [-0.39, 0.29) is 0 Å². The molecular weight excluding hydrogens is 204 g/mol. The molecule has 1 aliphatic rings. The summed E-state index contributed by atoms with van der Waals surface area (Å²) >= 11 is 0. The Kier molecular flexibility index (Phi) is 3.63. The highest BCUT2D eigenvalue weighted by atomic mass is 14.1. The number of hydrogen-bond acceptors (Lipinski definition) is 0. The molecule has 0 nitrogen and oxygen atoms in total. The summed E-state index contributed by atoms with van der Waals surface area (Å²) in [7, 11) is 0. The van der Waals surface area contributed by atoms with Gasteiger partial charge in [0.1, 0.15) is 0 Å². The van der Waals surface area contributed by atoms with E-state index < -0.39 is 0 Å². The molecule has 0 radical (unpaired) electrons. The molecular formula is C17H20. The minimum Gasteiger partial charge on any atom is -0.0912 e. The topological polar surface area (TPSA) is 0 Å². The van der Waals surface area contributed by atoms with Gasteiger partial charge in [-0.2, -0.15) is 0 Å². The number of hydrogen-bond donors (Lipinski definition) is 0. The lowest BCUT2D eigenvalue weighted by atomic mass is 9.95. The van der Waals surface area contributed by atoms with E-state index in [1.165, 1.54) is 16.3 Å². The molecule has 0 heteroatoms. The first-order chi connectivity index (χ1) is 8.20. The Morgan fingerprint density at radius 1 is 1.35 bits per heavy atom. The fraction of sp³-hybridized carbons (Fsp3) is 0.294. The molecule has 0 heterocycles. The van der Waals surface area contributed by atoms with E-state index in [0.717, 1.165) is 18.1 Å². The van der Waals surface area contributed by atoms with Crippen LogP contribution >= 0.6 is 0 Å². The number of benzene rings is 1. The van der Waals surface area contributed by atoms with Crippen molar-refractivity contribution >= 4 is 18.7 Å². The van der Waals surface area contributed by atoms with Crippen molar-refractivity contribution in [3.8, 4) is 0 Å². The molecule has 1 aromatic carbocycles. The number of rotatable bonds is 2. The second-order valence-corrected chi connectivity index (χ2v) is 4.74. The van der Waals surface area contributed by atoms with Gasteiger partial charge in [-0.1, -0.05) is 49.9 Å². The quantitative estimate of drug-likeness (QED) is 0.677. The van der Waals surface area contributed by atoms with Gasteiger partial charge in [0, 0.05) is 0 Å². The number of fused-ring (bicyclic) bond motifs is 1. The van der Waals surface area contributed by atoms with Crippen molar-refractivity contribution in [3.63, 3.8) is 0 Å². The summed E-state index contributed by atoms with van der Waals surface area (Å²) in [5, 5.41) is 2.41. The van der Waals surface area contributed by atoms with Crippen LogP contribution in [0.15, 0.2) is 30.4 Å². The predicted octanol–water partition coefficient (Wildman–Crippen LogP) is 3.05. The first-order valence-electron chi connectivity index (χ1n) is 6.34. The molecule has 0 aromatic heterocycles. The third kappa shape index (κ3) is 2.76. The van der Waals surface area contributed by atoms with Crippen LogP contribution in [0.5, 0.6) is 0 Å². The summed E-state index contributed by atoms with van der Waals surface area (Å²) in [6, 6.07) is 4.51. The van der Waals surface area contributed by atoms with Crippen molar-refractivity contribution in [2.45, 2.75) is 26.7 Å². The highest BCUT2D eigenvalue weighted by Crippen LogP contribution is 2.15. The van der Waals surface area contributed by atoms with Gasteiger partial charge >= 0.3 is 0 Å². The van der Waals surface area contributed by atoms with Crippen LogP contribution in [0.1, 0.15) is 31.4 Å². The smallest absolute Gasteiger partial charge is 0.00728 e. The van der Waals surface area contributed by atoms with E-state index in [1.54, 1.807) is 0 Å². The zero-order valence-corrected chi connectivity index (χ0v) is 10.7. The Labute approximate surface area is 104 Å². The van der Waals surface area contributed by atoms with Crippen LogP contribution in [-0.4, -0.2) is 0 Å². The van der Waals surface area contributed by atoms with Gasteiger partial charge in [0.05, 0.1) is 0 Å². The molecule has 0 aliphatic heterocycles. The van der Waals surface area contributed by atoms with Crippen LogP contribution < -0.4 is 10.4 Å². The maximum atomic E-state index is 4.16. The maximum absolute atomic E-state index is 4.16. The van der Waals surface area contributed by atoms with Gasteiger partial charge in [-0.25, -0.2) is 0 Å². The summed E-state index contributed by atoms with van der Waals surface area (Å²) in [6.07, 6.45) is 13.4. The lowest BCUT2D eigenvalue weighted by Gasteiger charge is -2.10. The minimum absolute atomic E-state index is 0.464. The van der Waals surface area contributed by atoms with E-state index >= 15 is 0 Å². The predicted molar refractivity (Wildman–Crippen MR) is 77.0 cm³/mol. The first-order valence-corrected chi connectivity index (χ1v) is 6.34. The molecule has 0 spiro atoms. The third-order valence-electron chi connectivity index (χ3n) is 3.22. The largest absolute Gasteiger partial charge is 0.0912 e. The van der Waals surface area contributed by atoms with Gasteiger partial charge < -0.3 is 0 Å². The molecule has 0 N–H and O–H groups in total. The molecule has 88 valence electrons. The standard InChI is InChI=1S/C17H20/c1-4-7-13(2)10-17-12-16-9-6-5-8-15(16)11-14(17)3/h4,6-7,9-13H,3,5,8H2,1-2H3/b7-4-,17-10-. The molecule has 0 saturated carbocycles. The Bertz CT molecular complexity index is 558. The highest BCUT2D eigenvalue weighted by Gasteiger charge is 2.03. The molecule has 0 saturated heterocycles. The van der Waals surface area contributed by atoms with Crippen LogP contribution in [0.3, 0.4) is 0 Å². The fourth-order valence-electron chi connectivity index (χ4n) is 2.35. The second-order valence-electron chi connectivity index (χ2n) is 4.74. The number of aryl methyl sites for hydroxylation is 1. The van der Waals surface area contributed by atoms with Crippen molar-refractivity contribution in [2.24, 2.45) is 5.92 Å². The average molecular weight is 224 g/mol. The van der Waals surface area contributed by atoms with Crippen LogP contribution in [0, 0.1) is 5.92 Å². The van der Waals surface area contributed by atoms with E-state index in [9.17, 15) is 0 Å². The Morgan fingerprint density at radius 2 is 2.18 bits per heavy atom. The zero-order valence-electron chi connectivity index (χ0n) is 10.7. The lowest BCUT2D eigenvalue weighted by Crippen LogP contribution is -2.25. The Hall–Kier alpha value is -1.56. The van der Waals surface area contributed by atoms with Crippen LogP contribution in [0.2, 0.25) is 0 Å². The van der Waals surface area contributed by atoms with Crippen molar-refractivity contribution < 1.29 is 0 Å². The van der Waals surface area contributed by atoms with Gasteiger partial charge in [-0.15, -0.1) is 0 Å². The van der Waals surface area contributed by atoms with E-state index in [1.807, 2.05) is 0 Å². The second kappa shape index (κ2) is 5.18. The first kappa shape index (κ1) is 11.9. The van der Waals surface area contributed by atoms with Crippen molar-refractivity contribution in [1.82, 2.24) is 0 Å². The SMILES string of the molecule is C=c1cc2c(c/c1=C/C(C)/C=C\C)C=CCC2. The summed E-state index contributed by atoms with van der Waals surface area (Å²) in [5.41, 5.74) is 2.80. The normalized spacial score (nSPS) is 17.4. The third-order valence-corrected chi connectivity index (χ3v) is 3.22. The Balaban J connectivity index is 2.50. The van der Waals surface area contributed by atoms with Gasteiger partial charge in [-0.3, -0.25) is 0 Å². The summed E-state index contributed by atoms with van der Waals surface area (Å²) in [6.45, 7) is 8.43. The average Bonchev–Trinajstić information content (AvgIpc) is 2.30. The molecule has 1 atom stereocenters. The number of allylic oxidation sites excluding steroid dienone is 3. The van der Waals surface area contributed by atoms with Crippen molar-refractivity contribution in [2.75, 3.05) is 0 Å². The molecule has 1 aromatic rings. The molecule has 0 amide bonds. The summed E-state index contributed by atoms with van der Waals surface area (Å²) < 4.78 is 0. The van der Waals surface area contributed by atoms with Gasteiger partial charge in [0.15, 0.2) is 0 Å². The molecule has 1 unspecified atom stereocenters. The van der Waals surface area contributed by atoms with Crippen LogP contribution in [0.4, 0.5) is 0 Å². The van der Waals surface area contributed by atoms with E-state index in [2.05, 4.69) is 62.9 Å². The molecule has 17 heavy (non-hydrogen) atoms. The maximum Gasteiger partial charge on any atom is -0.00728 e. The molecule has 0 bridgehead atoms. The molecule has 1 aliphatic carbocycles. The summed E-state index contributed by atoms with van der Waals surface area (Å²) in [5.74, 6) is 0.464. The van der Waals surface area contributed by atoms with Gasteiger partial charge in [0.25, 0.3) is 0 Å². The Morgan fingerprint density at radius 3 is 2.94 bits per heavy atom. The molecule has 0 fully saturated rings.